The number of nitrogens with zero attached hydrogens (tertiary/aromatic N) is 4. The van der Waals surface area contributed by atoms with Crippen molar-refractivity contribution >= 4 is 0 Å². The molecule has 0 bridgehead atoms. The quantitative estimate of drug-likeness (QED) is 0.797. The smallest absolute Gasteiger partial charge is 0.0991 e. The molecule has 19 heavy (non-hydrogen) atoms. The Labute approximate surface area is 112 Å². The SMILES string of the molecule is Cc1cc(C#N)ccc1CNCCCn1ccnn1. The van der Waals surface area contributed by atoms with Crippen molar-refractivity contribution in [3.8, 4) is 6.07 Å². The lowest BCUT2D eigenvalue weighted by molar-refractivity contribution is 0.530. The summed E-state index contributed by atoms with van der Waals surface area (Å²) >= 11 is 0. The summed E-state index contributed by atoms with van der Waals surface area (Å²) < 4.78 is 1.83. The fourth-order valence-corrected chi connectivity index (χ4v) is 1.90. The third-order valence-corrected chi connectivity index (χ3v) is 3.00. The monoisotopic (exact) mass is 255 g/mol. The standard InChI is InChI=1S/C14H17N5/c1-12-9-13(10-15)3-4-14(12)11-16-5-2-7-19-8-6-17-18-19/h3-4,6,8-9,16H,2,5,7,11H2,1H3. The largest absolute Gasteiger partial charge is 0.313 e. The maximum atomic E-state index is 8.81. The molecule has 0 unspecified atom stereocenters. The van der Waals surface area contributed by atoms with E-state index in [1.54, 1.807) is 6.20 Å². The molecule has 1 N–H and O–H groups in total. The Kier molecular flexibility index (Phi) is 4.65. The molecular weight excluding hydrogens is 238 g/mol. The van der Waals surface area contributed by atoms with Crippen molar-refractivity contribution in [1.82, 2.24) is 20.3 Å². The van der Waals surface area contributed by atoms with E-state index in [-0.39, 0.29) is 0 Å². The van der Waals surface area contributed by atoms with Gasteiger partial charge in [-0.2, -0.15) is 5.26 Å². The first-order valence-electron chi connectivity index (χ1n) is 6.34. The highest BCUT2D eigenvalue weighted by molar-refractivity contribution is 5.37. The second kappa shape index (κ2) is 6.66. The van der Waals surface area contributed by atoms with Crippen molar-refractivity contribution < 1.29 is 0 Å². The highest BCUT2D eigenvalue weighted by atomic mass is 15.4. The van der Waals surface area contributed by atoms with E-state index >= 15 is 0 Å². The lowest BCUT2D eigenvalue weighted by Gasteiger charge is -2.08. The minimum absolute atomic E-state index is 0.715. The number of aromatic nitrogens is 3. The van der Waals surface area contributed by atoms with E-state index < -0.39 is 0 Å². The van der Waals surface area contributed by atoms with Gasteiger partial charge in [-0.05, 0) is 43.1 Å². The van der Waals surface area contributed by atoms with Gasteiger partial charge < -0.3 is 5.32 Å². The van der Waals surface area contributed by atoms with Crippen LogP contribution in [0.15, 0.2) is 30.6 Å². The molecule has 0 spiro atoms. The second-order valence-electron chi connectivity index (χ2n) is 4.45. The Hall–Kier alpha value is -2.19. The summed E-state index contributed by atoms with van der Waals surface area (Å²) in [4.78, 5) is 0. The topological polar surface area (TPSA) is 66.5 Å². The van der Waals surface area contributed by atoms with Gasteiger partial charge >= 0.3 is 0 Å². The van der Waals surface area contributed by atoms with E-state index in [4.69, 9.17) is 5.26 Å². The van der Waals surface area contributed by atoms with E-state index in [0.29, 0.717) is 5.56 Å². The van der Waals surface area contributed by atoms with Crippen molar-refractivity contribution in [1.29, 1.82) is 5.26 Å². The summed E-state index contributed by atoms with van der Waals surface area (Å²) in [7, 11) is 0. The molecule has 0 aliphatic carbocycles. The molecule has 0 amide bonds. The van der Waals surface area contributed by atoms with Gasteiger partial charge in [0.25, 0.3) is 0 Å². The number of benzene rings is 1. The number of hydrogen-bond acceptors (Lipinski definition) is 4. The fourth-order valence-electron chi connectivity index (χ4n) is 1.90. The summed E-state index contributed by atoms with van der Waals surface area (Å²) in [6, 6.07) is 7.95. The van der Waals surface area contributed by atoms with Crippen LogP contribution in [0.2, 0.25) is 0 Å². The maximum Gasteiger partial charge on any atom is 0.0991 e. The van der Waals surface area contributed by atoms with Crippen LogP contribution in [-0.2, 0) is 13.1 Å². The first-order valence-corrected chi connectivity index (χ1v) is 6.34. The average Bonchev–Trinajstić information content (AvgIpc) is 2.93. The molecule has 1 heterocycles. The molecule has 0 atom stereocenters. The minimum atomic E-state index is 0.715. The van der Waals surface area contributed by atoms with Crippen LogP contribution >= 0.6 is 0 Å². The van der Waals surface area contributed by atoms with Crippen LogP contribution in [0.1, 0.15) is 23.1 Å². The molecule has 1 aromatic heterocycles. The Balaban J connectivity index is 1.72. The van der Waals surface area contributed by atoms with Crippen molar-refractivity contribution in [2.75, 3.05) is 6.54 Å². The van der Waals surface area contributed by atoms with Crippen molar-refractivity contribution in [2.24, 2.45) is 0 Å². The molecule has 5 nitrogen and oxygen atoms in total. The van der Waals surface area contributed by atoms with Gasteiger partial charge in [0.05, 0.1) is 17.8 Å². The predicted molar refractivity (Wildman–Crippen MR) is 72.2 cm³/mol. The summed E-state index contributed by atoms with van der Waals surface area (Å²) in [6.45, 7) is 4.67. The van der Waals surface area contributed by atoms with Gasteiger partial charge in [0.2, 0.25) is 0 Å². The third kappa shape index (κ3) is 3.90. The van der Waals surface area contributed by atoms with Gasteiger partial charge in [-0.15, -0.1) is 5.10 Å². The summed E-state index contributed by atoms with van der Waals surface area (Å²) in [5, 5.41) is 19.9. The molecule has 2 rings (SSSR count). The molecule has 0 radical (unpaired) electrons. The van der Waals surface area contributed by atoms with Crippen LogP contribution in [-0.4, -0.2) is 21.5 Å². The molecule has 98 valence electrons. The second-order valence-corrected chi connectivity index (χ2v) is 4.45. The van der Waals surface area contributed by atoms with Gasteiger partial charge in [0.1, 0.15) is 0 Å². The van der Waals surface area contributed by atoms with Crippen LogP contribution < -0.4 is 5.32 Å². The maximum absolute atomic E-state index is 8.81. The molecule has 0 fully saturated rings. The van der Waals surface area contributed by atoms with E-state index in [1.807, 2.05) is 36.0 Å². The molecule has 0 aliphatic heterocycles. The Morgan fingerprint density at radius 1 is 1.42 bits per heavy atom. The molecule has 0 saturated heterocycles. The lowest BCUT2D eigenvalue weighted by atomic mass is 10.1. The Bertz CT molecular complexity index is 554. The van der Waals surface area contributed by atoms with E-state index in [1.165, 1.54) is 5.56 Å². The van der Waals surface area contributed by atoms with E-state index in [9.17, 15) is 0 Å². The molecule has 0 saturated carbocycles. The predicted octanol–water partition coefficient (Wildman–Crippen LogP) is 1.64. The van der Waals surface area contributed by atoms with Crippen LogP contribution in [0.3, 0.4) is 0 Å². The zero-order chi connectivity index (χ0) is 13.5. The Morgan fingerprint density at radius 3 is 3.00 bits per heavy atom. The van der Waals surface area contributed by atoms with Gasteiger partial charge in [0.15, 0.2) is 0 Å². The normalized spacial score (nSPS) is 10.3. The number of hydrogen-bond donors (Lipinski definition) is 1. The molecule has 5 heteroatoms. The van der Waals surface area contributed by atoms with E-state index in [0.717, 1.165) is 31.6 Å². The molecule has 1 aromatic carbocycles. The lowest BCUT2D eigenvalue weighted by Crippen LogP contribution is -2.17. The first kappa shape index (κ1) is 13.2. The number of aryl methyl sites for hydroxylation is 2. The average molecular weight is 255 g/mol. The van der Waals surface area contributed by atoms with Crippen molar-refractivity contribution in [3.05, 3.63) is 47.3 Å². The van der Waals surface area contributed by atoms with Crippen LogP contribution in [0.5, 0.6) is 0 Å². The minimum Gasteiger partial charge on any atom is -0.313 e. The van der Waals surface area contributed by atoms with E-state index in [2.05, 4.69) is 21.7 Å². The van der Waals surface area contributed by atoms with Gasteiger partial charge in [-0.3, -0.25) is 4.68 Å². The molecule has 2 aromatic rings. The van der Waals surface area contributed by atoms with Crippen molar-refractivity contribution in [2.45, 2.75) is 26.4 Å². The zero-order valence-electron chi connectivity index (χ0n) is 11.0. The number of rotatable bonds is 6. The summed E-state index contributed by atoms with van der Waals surface area (Å²) in [5.41, 5.74) is 3.11. The highest BCUT2D eigenvalue weighted by Gasteiger charge is 1.99. The van der Waals surface area contributed by atoms with Gasteiger partial charge in [0, 0.05) is 19.3 Å². The van der Waals surface area contributed by atoms with Crippen molar-refractivity contribution in [3.63, 3.8) is 0 Å². The summed E-state index contributed by atoms with van der Waals surface area (Å²) in [6.07, 6.45) is 4.57. The van der Waals surface area contributed by atoms with Crippen LogP contribution in [0, 0.1) is 18.3 Å². The third-order valence-electron chi connectivity index (χ3n) is 3.00. The fraction of sp³-hybridized carbons (Fsp3) is 0.357. The Morgan fingerprint density at radius 2 is 2.32 bits per heavy atom. The summed E-state index contributed by atoms with van der Waals surface area (Å²) in [5.74, 6) is 0. The van der Waals surface area contributed by atoms with Crippen LogP contribution in [0.25, 0.3) is 0 Å². The highest BCUT2D eigenvalue weighted by Crippen LogP contribution is 2.10. The van der Waals surface area contributed by atoms with Crippen LogP contribution in [0.4, 0.5) is 0 Å². The molecular formula is C14H17N5. The number of nitrogens with one attached hydrogen (secondary N) is 1. The van der Waals surface area contributed by atoms with Gasteiger partial charge in [-0.25, -0.2) is 0 Å². The number of nitriles is 1. The molecule has 0 aliphatic rings. The first-order chi connectivity index (χ1) is 9.29. The van der Waals surface area contributed by atoms with Gasteiger partial charge in [-0.1, -0.05) is 11.3 Å². The zero-order valence-corrected chi connectivity index (χ0v) is 11.0.